The van der Waals surface area contributed by atoms with Crippen molar-refractivity contribution in [3.63, 3.8) is 0 Å². The molecule has 0 amide bonds. The van der Waals surface area contributed by atoms with Gasteiger partial charge < -0.3 is 5.32 Å². The van der Waals surface area contributed by atoms with E-state index in [1.54, 1.807) is 6.07 Å². The van der Waals surface area contributed by atoms with Gasteiger partial charge in [0.1, 0.15) is 5.82 Å². The molecule has 0 unspecified atom stereocenters. The molecule has 3 rings (SSSR count). The average Bonchev–Trinajstić information content (AvgIpc) is 2.54. The molecule has 1 aromatic rings. The van der Waals surface area contributed by atoms with Crippen LogP contribution < -0.4 is 5.32 Å². The fourth-order valence-corrected chi connectivity index (χ4v) is 4.41. The molecule has 1 atom stereocenters. The molecule has 5 heteroatoms. The van der Waals surface area contributed by atoms with E-state index in [0.29, 0.717) is 16.4 Å². The van der Waals surface area contributed by atoms with Crippen LogP contribution in [-0.2, 0) is 0 Å². The van der Waals surface area contributed by atoms with Crippen molar-refractivity contribution in [3.8, 4) is 0 Å². The van der Waals surface area contributed by atoms with Gasteiger partial charge in [0.25, 0.3) is 0 Å². The first-order valence-corrected chi connectivity index (χ1v) is 8.95. The largest absolute Gasteiger partial charge is 0.314 e. The van der Waals surface area contributed by atoms with Gasteiger partial charge in [-0.05, 0) is 46.3 Å². The maximum atomic E-state index is 14.0. The molecule has 0 aromatic heterocycles. The number of nitrogens with zero attached hydrogens (tertiary/aromatic N) is 1. The summed E-state index contributed by atoms with van der Waals surface area (Å²) < 4.78 is 14.7. The highest BCUT2D eigenvalue weighted by molar-refractivity contribution is 9.10. The van der Waals surface area contributed by atoms with Gasteiger partial charge in [-0.3, -0.25) is 4.90 Å². The molecule has 2 aliphatic rings. The zero-order valence-corrected chi connectivity index (χ0v) is 15.3. The van der Waals surface area contributed by atoms with E-state index in [0.717, 1.165) is 31.7 Å². The van der Waals surface area contributed by atoms with Crippen molar-refractivity contribution in [1.29, 1.82) is 0 Å². The monoisotopic (exact) mass is 390 g/mol. The van der Waals surface area contributed by atoms with Gasteiger partial charge in [-0.1, -0.05) is 31.4 Å². The van der Waals surface area contributed by atoms with Crippen molar-refractivity contribution >= 4 is 28.3 Å². The second-order valence-electron chi connectivity index (χ2n) is 6.27. The Bertz CT molecular complexity index is 456. The molecule has 1 N–H and O–H groups in total. The van der Waals surface area contributed by atoms with Gasteiger partial charge in [0, 0.05) is 32.2 Å². The van der Waals surface area contributed by atoms with Crippen molar-refractivity contribution in [3.05, 3.63) is 34.1 Å². The Kier molecular flexibility index (Phi) is 7.13. The zero-order chi connectivity index (χ0) is 14.7. The van der Waals surface area contributed by atoms with E-state index >= 15 is 0 Å². The summed E-state index contributed by atoms with van der Waals surface area (Å²) in [7, 11) is 0. The van der Waals surface area contributed by atoms with Gasteiger partial charge in [-0.15, -0.1) is 12.4 Å². The van der Waals surface area contributed by atoms with Crippen molar-refractivity contribution < 1.29 is 4.39 Å². The van der Waals surface area contributed by atoms with Crippen LogP contribution in [-0.4, -0.2) is 31.1 Å². The fourth-order valence-electron chi connectivity index (χ4n) is 3.91. The first kappa shape index (κ1) is 18.2. The molecule has 1 saturated heterocycles. The van der Waals surface area contributed by atoms with E-state index in [9.17, 15) is 4.39 Å². The first-order chi connectivity index (χ1) is 10.3. The molecule has 1 saturated carbocycles. The number of nitrogens with one attached hydrogen (secondary N) is 1. The maximum absolute atomic E-state index is 14.0. The second kappa shape index (κ2) is 8.62. The van der Waals surface area contributed by atoms with Crippen LogP contribution in [0, 0.1) is 11.7 Å². The number of piperazine rings is 1. The highest BCUT2D eigenvalue weighted by Crippen LogP contribution is 2.41. The predicted octanol–water partition coefficient (Wildman–Crippen LogP) is 4.54. The number of benzene rings is 1. The molecule has 1 aliphatic carbocycles. The highest BCUT2D eigenvalue weighted by Gasteiger charge is 2.32. The zero-order valence-electron chi connectivity index (χ0n) is 12.9. The molecule has 2 fully saturated rings. The van der Waals surface area contributed by atoms with Gasteiger partial charge in [0.05, 0.1) is 4.47 Å². The number of rotatable bonds is 3. The molecule has 0 spiro atoms. The standard InChI is InChI=1S/C17H24BrFN2.ClH/c18-16-14(7-4-8-15(16)19)17(13-5-2-1-3-6-13)21-11-9-20-10-12-21;/h4,7-8,13,17,20H,1-3,5-6,9-12H2;1H/t17-;/m0./s1. The average molecular weight is 392 g/mol. The van der Waals surface area contributed by atoms with Crippen molar-refractivity contribution in [2.45, 2.75) is 38.1 Å². The molecule has 1 aliphatic heterocycles. The molecule has 2 nitrogen and oxygen atoms in total. The van der Waals surface area contributed by atoms with E-state index in [-0.39, 0.29) is 18.2 Å². The van der Waals surface area contributed by atoms with Crippen LogP contribution in [0.1, 0.15) is 43.7 Å². The van der Waals surface area contributed by atoms with Crippen molar-refractivity contribution in [1.82, 2.24) is 10.2 Å². The van der Waals surface area contributed by atoms with Gasteiger partial charge in [-0.2, -0.15) is 0 Å². The third-order valence-electron chi connectivity index (χ3n) is 4.94. The van der Waals surface area contributed by atoms with Crippen LogP contribution in [0.4, 0.5) is 4.39 Å². The van der Waals surface area contributed by atoms with Crippen molar-refractivity contribution in [2.24, 2.45) is 5.92 Å². The summed E-state index contributed by atoms with van der Waals surface area (Å²) in [5.41, 5.74) is 1.14. The minimum atomic E-state index is -0.136. The normalized spacial score (nSPS) is 22.1. The quantitative estimate of drug-likeness (QED) is 0.814. The van der Waals surface area contributed by atoms with Gasteiger partial charge in [0.15, 0.2) is 0 Å². The third-order valence-corrected chi connectivity index (χ3v) is 5.78. The molecule has 1 heterocycles. The number of halogens is 3. The lowest BCUT2D eigenvalue weighted by atomic mass is 9.80. The van der Waals surface area contributed by atoms with Crippen LogP contribution in [0.15, 0.2) is 22.7 Å². The first-order valence-electron chi connectivity index (χ1n) is 8.16. The van der Waals surface area contributed by atoms with Crippen molar-refractivity contribution in [2.75, 3.05) is 26.2 Å². The third kappa shape index (κ3) is 4.02. The summed E-state index contributed by atoms with van der Waals surface area (Å²) in [5.74, 6) is 0.526. The van der Waals surface area contributed by atoms with E-state index in [1.807, 2.05) is 6.07 Å². The summed E-state index contributed by atoms with van der Waals surface area (Å²) in [6.07, 6.45) is 6.55. The van der Waals surface area contributed by atoms with Crippen LogP contribution in [0.3, 0.4) is 0 Å². The summed E-state index contributed by atoms with van der Waals surface area (Å²) in [5, 5.41) is 3.42. The van der Waals surface area contributed by atoms with E-state index in [2.05, 4.69) is 32.2 Å². The van der Waals surface area contributed by atoms with Crippen LogP contribution in [0.2, 0.25) is 0 Å². The molecule has 124 valence electrons. The lowest BCUT2D eigenvalue weighted by Crippen LogP contribution is -2.47. The highest BCUT2D eigenvalue weighted by atomic mass is 79.9. The molecule has 22 heavy (non-hydrogen) atoms. The van der Waals surface area contributed by atoms with E-state index in [1.165, 1.54) is 32.1 Å². The number of hydrogen-bond donors (Lipinski definition) is 1. The molecule has 1 aromatic carbocycles. The molecule has 0 bridgehead atoms. The summed E-state index contributed by atoms with van der Waals surface area (Å²) in [6.45, 7) is 4.19. The minimum absolute atomic E-state index is 0. The fraction of sp³-hybridized carbons (Fsp3) is 0.647. The Morgan fingerprint density at radius 1 is 1.14 bits per heavy atom. The summed E-state index contributed by atoms with van der Waals surface area (Å²) in [4.78, 5) is 2.56. The van der Waals surface area contributed by atoms with Gasteiger partial charge >= 0.3 is 0 Å². The Balaban J connectivity index is 0.00000176. The predicted molar refractivity (Wildman–Crippen MR) is 95.1 cm³/mol. The Labute approximate surface area is 147 Å². The topological polar surface area (TPSA) is 15.3 Å². The van der Waals surface area contributed by atoms with Gasteiger partial charge in [-0.25, -0.2) is 4.39 Å². The molecular weight excluding hydrogens is 367 g/mol. The summed E-state index contributed by atoms with van der Waals surface area (Å²) >= 11 is 3.50. The Morgan fingerprint density at radius 2 is 1.82 bits per heavy atom. The molecular formula is C17H25BrClFN2. The lowest BCUT2D eigenvalue weighted by molar-refractivity contribution is 0.102. The Hall–Kier alpha value is -0.160. The van der Waals surface area contributed by atoms with Crippen LogP contribution in [0.25, 0.3) is 0 Å². The Morgan fingerprint density at radius 3 is 2.50 bits per heavy atom. The molecule has 0 radical (unpaired) electrons. The van der Waals surface area contributed by atoms with E-state index < -0.39 is 0 Å². The summed E-state index contributed by atoms with van der Waals surface area (Å²) in [6, 6.07) is 5.86. The lowest BCUT2D eigenvalue weighted by Gasteiger charge is -2.41. The van der Waals surface area contributed by atoms with Crippen LogP contribution in [0.5, 0.6) is 0 Å². The second-order valence-corrected chi connectivity index (χ2v) is 7.06. The van der Waals surface area contributed by atoms with Crippen LogP contribution >= 0.6 is 28.3 Å². The van der Waals surface area contributed by atoms with E-state index in [4.69, 9.17) is 0 Å². The maximum Gasteiger partial charge on any atom is 0.137 e. The SMILES string of the molecule is Cl.Fc1cccc([C@H](C2CCCCC2)N2CCNCC2)c1Br. The smallest absolute Gasteiger partial charge is 0.137 e. The van der Waals surface area contributed by atoms with Gasteiger partial charge in [0.2, 0.25) is 0 Å². The number of hydrogen-bond acceptors (Lipinski definition) is 2. The minimum Gasteiger partial charge on any atom is -0.314 e.